The smallest absolute Gasteiger partial charge is 0.242 e. The standard InChI is InChI=1S/C25H32N2O4/c1-2-12-26(25(29)23-15-22(23)19-8-4-3-5-9-19)18-24(28)27(16-20-10-6-13-30-20)17-21-11-7-14-31-21/h3-6,8-10,13,21-23H,2,7,11-12,14-18H2,1H3/t21-,22-,23+/m0/s1. The van der Waals surface area contributed by atoms with Crippen LogP contribution < -0.4 is 0 Å². The van der Waals surface area contributed by atoms with E-state index in [2.05, 4.69) is 12.1 Å². The number of ether oxygens (including phenoxy) is 1. The van der Waals surface area contributed by atoms with Crippen molar-refractivity contribution in [1.82, 2.24) is 9.80 Å². The molecule has 2 aliphatic rings. The molecule has 1 aliphatic carbocycles. The van der Waals surface area contributed by atoms with Crippen LogP contribution in [0.15, 0.2) is 53.1 Å². The maximum atomic E-state index is 13.3. The molecule has 1 saturated heterocycles. The fraction of sp³-hybridized carbons (Fsp3) is 0.520. The minimum absolute atomic E-state index is 0.0153. The molecule has 4 rings (SSSR count). The molecule has 1 aromatic heterocycles. The van der Waals surface area contributed by atoms with Crippen LogP contribution in [0.3, 0.4) is 0 Å². The van der Waals surface area contributed by atoms with Gasteiger partial charge in [0, 0.05) is 25.6 Å². The van der Waals surface area contributed by atoms with E-state index in [1.165, 1.54) is 5.56 Å². The SMILES string of the molecule is CCCN(CC(=O)N(Cc1ccco1)C[C@@H]1CCCO1)C(=O)[C@@H]1C[C@H]1c1ccccc1. The van der Waals surface area contributed by atoms with Crippen LogP contribution in [0, 0.1) is 5.92 Å². The number of amides is 2. The highest BCUT2D eigenvalue weighted by Crippen LogP contribution is 2.48. The quantitative estimate of drug-likeness (QED) is 0.582. The van der Waals surface area contributed by atoms with E-state index in [1.54, 1.807) is 16.1 Å². The Kier molecular flexibility index (Phi) is 7.07. The van der Waals surface area contributed by atoms with E-state index in [0.29, 0.717) is 19.6 Å². The van der Waals surface area contributed by atoms with Crippen LogP contribution in [0.4, 0.5) is 0 Å². The summed E-state index contributed by atoms with van der Waals surface area (Å²) in [5.74, 6) is 1.04. The third-order valence-electron chi connectivity index (χ3n) is 6.19. The molecule has 0 radical (unpaired) electrons. The van der Waals surface area contributed by atoms with Gasteiger partial charge in [0.2, 0.25) is 11.8 Å². The van der Waals surface area contributed by atoms with Gasteiger partial charge in [-0.05, 0) is 49.3 Å². The van der Waals surface area contributed by atoms with E-state index in [-0.39, 0.29) is 36.3 Å². The van der Waals surface area contributed by atoms with Crippen molar-refractivity contribution in [3.63, 3.8) is 0 Å². The lowest BCUT2D eigenvalue weighted by Gasteiger charge is -2.29. The Balaban J connectivity index is 1.41. The molecule has 166 valence electrons. The summed E-state index contributed by atoms with van der Waals surface area (Å²) in [5.41, 5.74) is 1.21. The number of hydrogen-bond acceptors (Lipinski definition) is 4. The second-order valence-electron chi connectivity index (χ2n) is 8.61. The van der Waals surface area contributed by atoms with Gasteiger partial charge in [0.1, 0.15) is 5.76 Å². The van der Waals surface area contributed by atoms with Crippen LogP contribution >= 0.6 is 0 Å². The van der Waals surface area contributed by atoms with Crippen molar-refractivity contribution < 1.29 is 18.7 Å². The molecule has 1 aromatic carbocycles. The van der Waals surface area contributed by atoms with Gasteiger partial charge in [0.15, 0.2) is 0 Å². The second-order valence-corrected chi connectivity index (χ2v) is 8.61. The van der Waals surface area contributed by atoms with Crippen molar-refractivity contribution in [2.45, 2.75) is 51.2 Å². The molecule has 31 heavy (non-hydrogen) atoms. The Bertz CT molecular complexity index is 846. The van der Waals surface area contributed by atoms with Gasteiger partial charge in [-0.15, -0.1) is 0 Å². The van der Waals surface area contributed by atoms with Crippen LogP contribution in [0.2, 0.25) is 0 Å². The molecule has 0 bridgehead atoms. The van der Waals surface area contributed by atoms with Gasteiger partial charge in [0.05, 0.1) is 25.5 Å². The van der Waals surface area contributed by atoms with Crippen molar-refractivity contribution in [2.75, 3.05) is 26.2 Å². The minimum atomic E-state index is -0.0504. The average Bonchev–Trinajstić information content (AvgIpc) is 3.12. The van der Waals surface area contributed by atoms with Crippen LogP contribution in [0.5, 0.6) is 0 Å². The fourth-order valence-electron chi connectivity index (χ4n) is 4.45. The predicted molar refractivity (Wildman–Crippen MR) is 117 cm³/mol. The van der Waals surface area contributed by atoms with E-state index in [9.17, 15) is 9.59 Å². The van der Waals surface area contributed by atoms with E-state index in [0.717, 1.165) is 38.1 Å². The molecule has 6 heteroatoms. The van der Waals surface area contributed by atoms with E-state index >= 15 is 0 Å². The van der Waals surface area contributed by atoms with Gasteiger partial charge in [-0.2, -0.15) is 0 Å². The number of furan rings is 1. The Hall–Kier alpha value is -2.60. The first-order chi connectivity index (χ1) is 15.2. The van der Waals surface area contributed by atoms with E-state index < -0.39 is 0 Å². The maximum absolute atomic E-state index is 13.3. The zero-order valence-corrected chi connectivity index (χ0v) is 18.2. The molecule has 2 heterocycles. The van der Waals surface area contributed by atoms with Crippen molar-refractivity contribution in [2.24, 2.45) is 5.92 Å². The third-order valence-corrected chi connectivity index (χ3v) is 6.19. The highest BCUT2D eigenvalue weighted by Gasteiger charge is 2.46. The lowest BCUT2D eigenvalue weighted by Crippen LogP contribution is -2.45. The van der Waals surface area contributed by atoms with Crippen LogP contribution in [-0.4, -0.2) is 54.0 Å². The number of hydrogen-bond donors (Lipinski definition) is 0. The van der Waals surface area contributed by atoms with Gasteiger partial charge < -0.3 is 19.0 Å². The summed E-state index contributed by atoms with van der Waals surface area (Å²) in [6, 6.07) is 13.9. The van der Waals surface area contributed by atoms with Gasteiger partial charge in [0.25, 0.3) is 0 Å². The number of rotatable bonds is 10. The Labute approximate surface area is 184 Å². The van der Waals surface area contributed by atoms with Gasteiger partial charge >= 0.3 is 0 Å². The summed E-state index contributed by atoms with van der Waals surface area (Å²) in [7, 11) is 0. The number of carbonyl (C=O) groups excluding carboxylic acids is 2. The predicted octanol–water partition coefficient (Wildman–Crippen LogP) is 3.83. The topological polar surface area (TPSA) is 63.0 Å². The Morgan fingerprint density at radius 2 is 1.94 bits per heavy atom. The molecule has 0 spiro atoms. The molecule has 2 amide bonds. The highest BCUT2D eigenvalue weighted by atomic mass is 16.5. The summed E-state index contributed by atoms with van der Waals surface area (Å²) in [4.78, 5) is 30.0. The molecular weight excluding hydrogens is 392 g/mol. The van der Waals surface area contributed by atoms with Crippen LogP contribution in [-0.2, 0) is 20.9 Å². The monoisotopic (exact) mass is 424 g/mol. The Morgan fingerprint density at radius 3 is 2.61 bits per heavy atom. The van der Waals surface area contributed by atoms with E-state index in [4.69, 9.17) is 9.15 Å². The lowest BCUT2D eigenvalue weighted by molar-refractivity contribution is -0.142. The lowest BCUT2D eigenvalue weighted by atomic mass is 10.1. The first kappa shape index (κ1) is 21.6. The molecule has 0 N–H and O–H groups in total. The normalized spacial score (nSPS) is 22.3. The first-order valence-corrected chi connectivity index (χ1v) is 11.4. The van der Waals surface area contributed by atoms with Gasteiger partial charge in [-0.3, -0.25) is 9.59 Å². The van der Waals surface area contributed by atoms with Crippen molar-refractivity contribution in [3.8, 4) is 0 Å². The van der Waals surface area contributed by atoms with Crippen molar-refractivity contribution in [3.05, 3.63) is 60.1 Å². The molecular formula is C25H32N2O4. The second kappa shape index (κ2) is 10.1. The maximum Gasteiger partial charge on any atom is 0.242 e. The molecule has 0 unspecified atom stereocenters. The van der Waals surface area contributed by atoms with Crippen molar-refractivity contribution >= 4 is 11.8 Å². The summed E-state index contributed by atoms with van der Waals surface area (Å²) in [6.07, 6.45) is 5.35. The zero-order valence-electron chi connectivity index (χ0n) is 18.2. The third kappa shape index (κ3) is 5.56. The summed E-state index contributed by atoms with van der Waals surface area (Å²) < 4.78 is 11.2. The van der Waals surface area contributed by atoms with Crippen LogP contribution in [0.25, 0.3) is 0 Å². The molecule has 6 nitrogen and oxygen atoms in total. The summed E-state index contributed by atoms with van der Waals surface area (Å²) in [5, 5.41) is 0. The average molecular weight is 425 g/mol. The van der Waals surface area contributed by atoms with Gasteiger partial charge in [-0.1, -0.05) is 37.3 Å². The van der Waals surface area contributed by atoms with Gasteiger partial charge in [-0.25, -0.2) is 0 Å². The molecule has 1 aliphatic heterocycles. The zero-order chi connectivity index (χ0) is 21.6. The number of benzene rings is 1. The number of carbonyl (C=O) groups is 2. The molecule has 3 atom stereocenters. The molecule has 2 aromatic rings. The first-order valence-electron chi connectivity index (χ1n) is 11.4. The summed E-state index contributed by atoms with van der Waals surface area (Å²) >= 11 is 0. The van der Waals surface area contributed by atoms with E-state index in [1.807, 2.05) is 37.3 Å². The fourth-order valence-corrected chi connectivity index (χ4v) is 4.45. The Morgan fingerprint density at radius 1 is 1.10 bits per heavy atom. The number of nitrogens with zero attached hydrogens (tertiary/aromatic N) is 2. The summed E-state index contributed by atoms with van der Waals surface area (Å²) in [6.45, 7) is 4.42. The van der Waals surface area contributed by atoms with Crippen molar-refractivity contribution in [1.29, 1.82) is 0 Å². The largest absolute Gasteiger partial charge is 0.467 e. The minimum Gasteiger partial charge on any atom is -0.467 e. The molecule has 1 saturated carbocycles. The molecule has 2 fully saturated rings. The highest BCUT2D eigenvalue weighted by molar-refractivity contribution is 5.88. The van der Waals surface area contributed by atoms with Crippen LogP contribution in [0.1, 0.15) is 49.8 Å².